The minimum absolute atomic E-state index is 0.284. The van der Waals surface area contributed by atoms with E-state index in [1.807, 2.05) is 48.5 Å². The second-order valence-electron chi connectivity index (χ2n) is 8.45. The number of carbonyl (C=O) groups is 2. The van der Waals surface area contributed by atoms with Crippen LogP contribution in [0.2, 0.25) is 0 Å². The predicted octanol–water partition coefficient (Wildman–Crippen LogP) is 3.80. The highest BCUT2D eigenvalue weighted by Gasteiger charge is 2.43. The van der Waals surface area contributed by atoms with Crippen molar-refractivity contribution in [2.45, 2.75) is 6.54 Å². The van der Waals surface area contributed by atoms with Crippen molar-refractivity contribution in [3.8, 4) is 5.75 Å². The van der Waals surface area contributed by atoms with Gasteiger partial charge in [-0.3, -0.25) is 14.5 Å². The topological polar surface area (TPSA) is 53.1 Å². The lowest BCUT2D eigenvalue weighted by Gasteiger charge is -2.36. The number of imide groups is 1. The fourth-order valence-corrected chi connectivity index (χ4v) is 4.69. The second-order valence-corrected chi connectivity index (χ2v) is 8.45. The maximum absolute atomic E-state index is 13.7. The van der Waals surface area contributed by atoms with Crippen LogP contribution in [-0.2, 0) is 16.1 Å². The lowest BCUT2D eigenvalue weighted by molar-refractivity contribution is -0.120. The molecule has 0 spiro atoms. The van der Waals surface area contributed by atoms with Crippen LogP contribution in [0.4, 0.5) is 5.69 Å². The lowest BCUT2D eigenvalue weighted by atomic mass is 10.0. The van der Waals surface area contributed by atoms with E-state index in [9.17, 15) is 9.59 Å². The maximum atomic E-state index is 13.7. The molecule has 0 aliphatic carbocycles. The molecule has 0 radical (unpaired) electrons. The maximum Gasteiger partial charge on any atom is 0.282 e. The summed E-state index contributed by atoms with van der Waals surface area (Å²) in [5.74, 6) is -0.0233. The Labute approximate surface area is 199 Å². The number of anilines is 1. The van der Waals surface area contributed by atoms with Gasteiger partial charge in [0.1, 0.15) is 11.4 Å². The summed E-state index contributed by atoms with van der Waals surface area (Å²) in [4.78, 5) is 33.1. The van der Waals surface area contributed by atoms with E-state index in [1.54, 1.807) is 19.2 Å². The lowest BCUT2D eigenvalue weighted by Crippen LogP contribution is -2.47. The summed E-state index contributed by atoms with van der Waals surface area (Å²) in [7, 11) is 1.58. The summed E-state index contributed by atoms with van der Waals surface area (Å²) < 4.78 is 5.56. The molecule has 1 saturated heterocycles. The number of amides is 2. The van der Waals surface area contributed by atoms with Crippen molar-refractivity contribution >= 4 is 23.1 Å². The predicted molar refractivity (Wildman–Crippen MR) is 132 cm³/mol. The molecule has 2 aliphatic heterocycles. The van der Waals surface area contributed by atoms with Gasteiger partial charge >= 0.3 is 0 Å². The van der Waals surface area contributed by atoms with Crippen molar-refractivity contribution in [2.75, 3.05) is 38.2 Å². The van der Waals surface area contributed by atoms with Gasteiger partial charge in [0.15, 0.2) is 0 Å². The van der Waals surface area contributed by atoms with E-state index >= 15 is 0 Å². The van der Waals surface area contributed by atoms with Crippen LogP contribution in [0.3, 0.4) is 0 Å². The number of hydrogen-bond acceptors (Lipinski definition) is 5. The molecule has 0 unspecified atom stereocenters. The van der Waals surface area contributed by atoms with Crippen molar-refractivity contribution in [3.05, 3.63) is 102 Å². The largest absolute Gasteiger partial charge is 0.496 e. The molecule has 2 heterocycles. The fourth-order valence-electron chi connectivity index (χ4n) is 4.69. The third-order valence-electron chi connectivity index (χ3n) is 6.39. The Balaban J connectivity index is 1.47. The van der Waals surface area contributed by atoms with Gasteiger partial charge in [-0.2, -0.15) is 0 Å². The van der Waals surface area contributed by atoms with E-state index in [-0.39, 0.29) is 11.8 Å². The van der Waals surface area contributed by atoms with Gasteiger partial charge < -0.3 is 9.64 Å². The molecule has 6 nitrogen and oxygen atoms in total. The SMILES string of the molecule is COc1ccccc1C1=C(N2CCN(Cc3ccccc3)CC2)C(=O)N(c2ccccc2)C1=O. The number of para-hydroxylation sites is 2. The van der Waals surface area contributed by atoms with Gasteiger partial charge in [0.25, 0.3) is 11.8 Å². The zero-order valence-corrected chi connectivity index (χ0v) is 19.2. The third-order valence-corrected chi connectivity index (χ3v) is 6.39. The van der Waals surface area contributed by atoms with E-state index in [0.717, 1.165) is 19.6 Å². The first-order valence-corrected chi connectivity index (χ1v) is 11.5. The van der Waals surface area contributed by atoms with Crippen LogP contribution in [0.25, 0.3) is 5.57 Å². The minimum Gasteiger partial charge on any atom is -0.496 e. The van der Waals surface area contributed by atoms with Crippen LogP contribution in [0.1, 0.15) is 11.1 Å². The summed E-state index contributed by atoms with van der Waals surface area (Å²) in [5, 5.41) is 0. The molecule has 34 heavy (non-hydrogen) atoms. The van der Waals surface area contributed by atoms with E-state index in [4.69, 9.17) is 4.74 Å². The van der Waals surface area contributed by atoms with E-state index in [1.165, 1.54) is 10.5 Å². The second kappa shape index (κ2) is 9.53. The van der Waals surface area contributed by atoms with Crippen molar-refractivity contribution in [3.63, 3.8) is 0 Å². The van der Waals surface area contributed by atoms with Crippen LogP contribution in [-0.4, -0.2) is 54.9 Å². The summed E-state index contributed by atoms with van der Waals surface area (Å²) in [5.41, 5.74) is 3.35. The first-order chi connectivity index (χ1) is 16.7. The minimum atomic E-state index is -0.317. The molecule has 3 aromatic carbocycles. The van der Waals surface area contributed by atoms with Crippen LogP contribution in [0, 0.1) is 0 Å². The van der Waals surface area contributed by atoms with Crippen LogP contribution in [0.15, 0.2) is 90.6 Å². The quantitative estimate of drug-likeness (QED) is 0.532. The fraction of sp³-hybridized carbons (Fsp3) is 0.214. The number of carbonyl (C=O) groups excluding carboxylic acids is 2. The zero-order valence-electron chi connectivity index (χ0n) is 19.2. The highest BCUT2D eigenvalue weighted by molar-refractivity contribution is 6.45. The molecule has 0 saturated carbocycles. The van der Waals surface area contributed by atoms with Gasteiger partial charge in [-0.15, -0.1) is 0 Å². The van der Waals surface area contributed by atoms with Crippen molar-refractivity contribution < 1.29 is 14.3 Å². The number of rotatable bonds is 6. The van der Waals surface area contributed by atoms with Gasteiger partial charge in [-0.05, 0) is 23.8 Å². The molecule has 2 aliphatic rings. The first kappa shape index (κ1) is 21.9. The molecule has 1 fully saturated rings. The van der Waals surface area contributed by atoms with Gasteiger partial charge in [0, 0.05) is 38.3 Å². The average Bonchev–Trinajstić information content (AvgIpc) is 3.15. The zero-order chi connectivity index (χ0) is 23.5. The van der Waals surface area contributed by atoms with Crippen molar-refractivity contribution in [1.29, 1.82) is 0 Å². The molecule has 172 valence electrons. The normalized spacial score (nSPS) is 17.0. The first-order valence-electron chi connectivity index (χ1n) is 11.5. The molecule has 0 N–H and O–H groups in total. The highest BCUT2D eigenvalue weighted by Crippen LogP contribution is 2.38. The Kier molecular flexibility index (Phi) is 6.14. The molecule has 0 atom stereocenters. The molecule has 6 heteroatoms. The van der Waals surface area contributed by atoms with Crippen LogP contribution in [0.5, 0.6) is 5.75 Å². The number of hydrogen-bond donors (Lipinski definition) is 0. The molecule has 5 rings (SSSR count). The Morgan fingerprint density at radius 1 is 0.735 bits per heavy atom. The standard InChI is InChI=1S/C28H27N3O3/c1-34-24-15-9-8-14-23(24)25-26(28(33)31(27(25)32)22-12-6-3-7-13-22)30-18-16-29(17-19-30)20-21-10-4-2-5-11-21/h2-15H,16-20H2,1H3. The van der Waals surface area contributed by atoms with Gasteiger partial charge in [-0.1, -0.05) is 66.7 Å². The summed E-state index contributed by atoms with van der Waals surface area (Å²) in [6.07, 6.45) is 0. The van der Waals surface area contributed by atoms with Gasteiger partial charge in [0.05, 0.1) is 18.4 Å². The van der Waals surface area contributed by atoms with Crippen LogP contribution < -0.4 is 9.64 Å². The Morgan fingerprint density at radius 3 is 2.03 bits per heavy atom. The number of piperazine rings is 1. The van der Waals surface area contributed by atoms with E-state index in [2.05, 4.69) is 34.1 Å². The molecule has 3 aromatic rings. The highest BCUT2D eigenvalue weighted by atomic mass is 16.5. The Hall–Kier alpha value is -3.90. The van der Waals surface area contributed by atoms with Crippen molar-refractivity contribution in [2.24, 2.45) is 0 Å². The monoisotopic (exact) mass is 453 g/mol. The third kappa shape index (κ3) is 4.08. The molecular weight excluding hydrogens is 426 g/mol. The smallest absolute Gasteiger partial charge is 0.282 e. The summed E-state index contributed by atoms with van der Waals surface area (Å²) in [6, 6.07) is 26.9. The molecular formula is C28H27N3O3. The van der Waals surface area contributed by atoms with Crippen LogP contribution >= 0.6 is 0 Å². The van der Waals surface area contributed by atoms with E-state index < -0.39 is 0 Å². The van der Waals surface area contributed by atoms with Crippen molar-refractivity contribution in [1.82, 2.24) is 9.80 Å². The Morgan fingerprint density at radius 2 is 1.35 bits per heavy atom. The Bertz CT molecular complexity index is 1220. The average molecular weight is 454 g/mol. The molecule has 0 aromatic heterocycles. The van der Waals surface area contributed by atoms with Gasteiger partial charge in [-0.25, -0.2) is 4.90 Å². The molecule has 0 bridgehead atoms. The van der Waals surface area contributed by atoms with E-state index in [0.29, 0.717) is 41.4 Å². The summed E-state index contributed by atoms with van der Waals surface area (Å²) >= 11 is 0. The van der Waals surface area contributed by atoms with Gasteiger partial charge in [0.2, 0.25) is 0 Å². The number of ether oxygens (including phenoxy) is 1. The number of nitrogens with zero attached hydrogens (tertiary/aromatic N) is 3. The summed E-state index contributed by atoms with van der Waals surface area (Å²) in [6.45, 7) is 3.83. The molecule has 2 amide bonds. The number of benzene rings is 3. The number of methoxy groups -OCH3 is 1.